The van der Waals surface area contributed by atoms with Crippen LogP contribution >= 0.6 is 0 Å². The van der Waals surface area contributed by atoms with E-state index >= 15 is 0 Å². The van der Waals surface area contributed by atoms with Gasteiger partial charge in [0.25, 0.3) is 0 Å². The summed E-state index contributed by atoms with van der Waals surface area (Å²) < 4.78 is 30.4. The van der Waals surface area contributed by atoms with Gasteiger partial charge in [0.05, 0.1) is 19.0 Å². The number of ether oxygens (including phenoxy) is 1. The van der Waals surface area contributed by atoms with Crippen LogP contribution in [0.2, 0.25) is 0 Å². The van der Waals surface area contributed by atoms with Crippen molar-refractivity contribution >= 4 is 15.9 Å². The Kier molecular flexibility index (Phi) is 5.51. The van der Waals surface area contributed by atoms with E-state index in [4.69, 9.17) is 10.5 Å². The minimum atomic E-state index is -3.50. The highest BCUT2D eigenvalue weighted by molar-refractivity contribution is 7.89. The predicted octanol–water partition coefficient (Wildman–Crippen LogP) is -1.50. The van der Waals surface area contributed by atoms with Crippen LogP contribution < -0.4 is 11.1 Å². The maximum atomic E-state index is 12.0. The fourth-order valence-corrected chi connectivity index (χ4v) is 3.20. The molecule has 1 fully saturated rings. The van der Waals surface area contributed by atoms with Crippen molar-refractivity contribution in [1.29, 1.82) is 0 Å². The molecule has 1 rings (SSSR count). The Bertz CT molecular complexity index is 383. The molecule has 106 valence electrons. The number of hydrogen-bond acceptors (Lipinski definition) is 5. The van der Waals surface area contributed by atoms with E-state index in [0.29, 0.717) is 6.61 Å². The molecule has 1 aliphatic rings. The van der Waals surface area contributed by atoms with E-state index in [-0.39, 0.29) is 37.4 Å². The number of sulfonamides is 1. The summed E-state index contributed by atoms with van der Waals surface area (Å²) in [6, 6.07) is -0.837. The van der Waals surface area contributed by atoms with Crippen LogP contribution in [0.25, 0.3) is 0 Å². The second-order valence-corrected chi connectivity index (χ2v) is 6.51. The van der Waals surface area contributed by atoms with Crippen molar-refractivity contribution in [3.8, 4) is 0 Å². The summed E-state index contributed by atoms with van der Waals surface area (Å²) in [7, 11) is -3.50. The Morgan fingerprint density at radius 3 is 2.78 bits per heavy atom. The fourth-order valence-electron chi connectivity index (χ4n) is 1.77. The van der Waals surface area contributed by atoms with E-state index < -0.39 is 16.1 Å². The molecule has 0 aromatic heterocycles. The minimum Gasteiger partial charge on any atom is -0.378 e. The van der Waals surface area contributed by atoms with Gasteiger partial charge < -0.3 is 15.8 Å². The third-order valence-electron chi connectivity index (χ3n) is 2.55. The molecule has 0 aromatic carbocycles. The van der Waals surface area contributed by atoms with Gasteiger partial charge in [-0.2, -0.15) is 4.31 Å². The molecule has 0 spiro atoms. The summed E-state index contributed by atoms with van der Waals surface area (Å²) >= 11 is 0. The van der Waals surface area contributed by atoms with Crippen LogP contribution in [0.5, 0.6) is 0 Å². The third kappa shape index (κ3) is 3.91. The highest BCUT2D eigenvalue weighted by Crippen LogP contribution is 2.13. The average molecular weight is 279 g/mol. The first-order valence-electron chi connectivity index (χ1n) is 5.96. The first-order valence-corrected chi connectivity index (χ1v) is 7.57. The van der Waals surface area contributed by atoms with Crippen molar-refractivity contribution in [1.82, 2.24) is 9.62 Å². The number of nitrogens with two attached hydrogens (primary N) is 1. The molecule has 0 saturated carbocycles. The zero-order valence-electron chi connectivity index (χ0n) is 10.8. The molecule has 1 atom stereocenters. The van der Waals surface area contributed by atoms with Gasteiger partial charge in [0.15, 0.2) is 0 Å². The Labute approximate surface area is 108 Å². The molecule has 1 amide bonds. The molecular formula is C10H21N3O4S. The van der Waals surface area contributed by atoms with E-state index in [1.165, 1.54) is 4.31 Å². The molecule has 1 heterocycles. The number of amides is 1. The lowest BCUT2D eigenvalue weighted by molar-refractivity contribution is -0.129. The molecule has 1 saturated heterocycles. The van der Waals surface area contributed by atoms with E-state index in [0.717, 1.165) is 0 Å². The van der Waals surface area contributed by atoms with Crippen LogP contribution in [0.1, 0.15) is 13.8 Å². The topological polar surface area (TPSA) is 102 Å². The van der Waals surface area contributed by atoms with Crippen molar-refractivity contribution < 1.29 is 17.9 Å². The van der Waals surface area contributed by atoms with Gasteiger partial charge in [-0.05, 0) is 13.8 Å². The molecule has 1 aliphatic heterocycles. The van der Waals surface area contributed by atoms with Crippen molar-refractivity contribution in [3.63, 3.8) is 0 Å². The number of carbonyl (C=O) groups is 1. The third-order valence-corrected chi connectivity index (χ3v) is 4.45. The van der Waals surface area contributed by atoms with Gasteiger partial charge in [-0.1, -0.05) is 0 Å². The number of nitrogens with one attached hydrogen (secondary N) is 1. The van der Waals surface area contributed by atoms with Crippen molar-refractivity contribution in [2.75, 3.05) is 32.1 Å². The molecule has 18 heavy (non-hydrogen) atoms. The predicted molar refractivity (Wildman–Crippen MR) is 67.4 cm³/mol. The van der Waals surface area contributed by atoms with E-state index in [9.17, 15) is 13.2 Å². The largest absolute Gasteiger partial charge is 0.378 e. The number of carbonyl (C=O) groups excluding carboxylic acids is 1. The second-order valence-electron chi connectivity index (χ2n) is 4.47. The molecule has 0 radical (unpaired) electrons. The molecule has 3 N–H and O–H groups in total. The van der Waals surface area contributed by atoms with Gasteiger partial charge in [-0.25, -0.2) is 8.42 Å². The molecule has 0 bridgehead atoms. The lowest BCUT2D eigenvalue weighted by Gasteiger charge is -2.33. The van der Waals surface area contributed by atoms with Crippen LogP contribution in [-0.2, 0) is 19.6 Å². The molecule has 7 nitrogen and oxygen atoms in total. The molecule has 1 unspecified atom stereocenters. The maximum absolute atomic E-state index is 12.0. The summed E-state index contributed by atoms with van der Waals surface area (Å²) in [5, 5.41) is 2.70. The summed E-state index contributed by atoms with van der Waals surface area (Å²) in [5.74, 6) is -0.483. The monoisotopic (exact) mass is 279 g/mol. The van der Waals surface area contributed by atoms with E-state index in [1.54, 1.807) is 0 Å². The average Bonchev–Trinajstić information content (AvgIpc) is 2.28. The Balaban J connectivity index is 2.83. The summed E-state index contributed by atoms with van der Waals surface area (Å²) in [5.41, 5.74) is 5.29. The quantitative estimate of drug-likeness (QED) is 0.638. The van der Waals surface area contributed by atoms with Crippen LogP contribution in [-0.4, -0.2) is 62.8 Å². The molecule has 0 aromatic rings. The van der Waals surface area contributed by atoms with Gasteiger partial charge in [-0.3, -0.25) is 4.79 Å². The Hall–Kier alpha value is -0.700. The van der Waals surface area contributed by atoms with Crippen molar-refractivity contribution in [3.05, 3.63) is 0 Å². The van der Waals surface area contributed by atoms with Crippen LogP contribution in [0, 0.1) is 0 Å². The maximum Gasteiger partial charge on any atom is 0.241 e. The van der Waals surface area contributed by atoms with E-state index in [1.807, 2.05) is 13.8 Å². The second kappa shape index (κ2) is 6.46. The Morgan fingerprint density at radius 2 is 2.22 bits per heavy atom. The SMILES string of the molecule is CC(C)NC(=O)C1COCCN1S(=O)(=O)CCN. The van der Waals surface area contributed by atoms with Gasteiger partial charge in [0.2, 0.25) is 15.9 Å². The lowest BCUT2D eigenvalue weighted by atomic mass is 10.2. The summed E-state index contributed by atoms with van der Waals surface area (Å²) in [6.45, 7) is 4.26. The minimum absolute atomic E-state index is 0.0399. The number of nitrogens with zero attached hydrogens (tertiary/aromatic N) is 1. The fraction of sp³-hybridized carbons (Fsp3) is 0.900. The summed E-state index contributed by atoms with van der Waals surface area (Å²) in [4.78, 5) is 11.9. The first-order chi connectivity index (χ1) is 8.38. The normalized spacial score (nSPS) is 22.1. The highest BCUT2D eigenvalue weighted by Gasteiger charge is 2.36. The van der Waals surface area contributed by atoms with Crippen molar-refractivity contribution in [2.45, 2.75) is 25.9 Å². The van der Waals surface area contributed by atoms with Gasteiger partial charge in [0, 0.05) is 19.1 Å². The van der Waals surface area contributed by atoms with Crippen LogP contribution in [0.4, 0.5) is 0 Å². The van der Waals surface area contributed by atoms with Crippen molar-refractivity contribution in [2.24, 2.45) is 5.73 Å². The highest BCUT2D eigenvalue weighted by atomic mass is 32.2. The van der Waals surface area contributed by atoms with Crippen LogP contribution in [0.15, 0.2) is 0 Å². The number of morpholine rings is 1. The number of rotatable bonds is 5. The molecule has 0 aliphatic carbocycles. The Morgan fingerprint density at radius 1 is 1.56 bits per heavy atom. The zero-order chi connectivity index (χ0) is 13.8. The molecular weight excluding hydrogens is 258 g/mol. The smallest absolute Gasteiger partial charge is 0.241 e. The lowest BCUT2D eigenvalue weighted by Crippen LogP contribution is -2.57. The van der Waals surface area contributed by atoms with Gasteiger partial charge in [-0.15, -0.1) is 0 Å². The molecule has 8 heteroatoms. The van der Waals surface area contributed by atoms with Crippen LogP contribution in [0.3, 0.4) is 0 Å². The number of hydrogen-bond donors (Lipinski definition) is 2. The van der Waals surface area contributed by atoms with E-state index in [2.05, 4.69) is 5.32 Å². The zero-order valence-corrected chi connectivity index (χ0v) is 11.6. The standard InChI is InChI=1S/C10H21N3O4S/c1-8(2)12-10(14)9-7-17-5-4-13(9)18(15,16)6-3-11/h8-9H,3-7,11H2,1-2H3,(H,12,14). The van der Waals surface area contributed by atoms with Gasteiger partial charge in [0.1, 0.15) is 6.04 Å². The summed E-state index contributed by atoms with van der Waals surface area (Å²) in [6.07, 6.45) is 0. The first kappa shape index (κ1) is 15.4. The van der Waals surface area contributed by atoms with Gasteiger partial charge >= 0.3 is 0 Å².